The van der Waals surface area contributed by atoms with E-state index in [1.54, 1.807) is 38.4 Å². The van der Waals surface area contributed by atoms with Crippen LogP contribution in [0.15, 0.2) is 12.1 Å². The Bertz CT molecular complexity index is 713. The van der Waals surface area contributed by atoms with E-state index in [1.165, 1.54) is 6.26 Å². The molecule has 1 aromatic rings. The van der Waals surface area contributed by atoms with Crippen molar-refractivity contribution in [1.29, 1.82) is 0 Å². The van der Waals surface area contributed by atoms with Gasteiger partial charge < -0.3 is 19.1 Å². The monoisotopic (exact) mass is 385 g/mol. The minimum atomic E-state index is -3.04. The number of benzene rings is 1. The summed E-state index contributed by atoms with van der Waals surface area (Å²) in [4.78, 5) is 14.3. The van der Waals surface area contributed by atoms with Crippen LogP contribution in [0.2, 0.25) is 0 Å². The highest BCUT2D eigenvalue weighted by molar-refractivity contribution is 7.91. The van der Waals surface area contributed by atoms with E-state index in [1.807, 2.05) is 0 Å². The number of sulfone groups is 1. The van der Waals surface area contributed by atoms with Gasteiger partial charge in [0.05, 0.1) is 26.6 Å². The maximum atomic E-state index is 12.5. The Kier molecular flexibility index (Phi) is 6.75. The van der Waals surface area contributed by atoms with Gasteiger partial charge in [0.1, 0.15) is 27.1 Å². The quantitative estimate of drug-likeness (QED) is 0.710. The van der Waals surface area contributed by atoms with Gasteiger partial charge in [-0.2, -0.15) is 0 Å². The number of nitrogens with zero attached hydrogens (tertiary/aromatic N) is 1. The molecule has 0 N–H and O–H groups in total. The van der Waals surface area contributed by atoms with Crippen LogP contribution < -0.4 is 14.2 Å². The summed E-state index contributed by atoms with van der Waals surface area (Å²) in [5, 5.41) is -0.340. The van der Waals surface area contributed by atoms with Crippen molar-refractivity contribution >= 4 is 15.7 Å². The van der Waals surface area contributed by atoms with Crippen LogP contribution in [0.25, 0.3) is 0 Å². The van der Waals surface area contributed by atoms with E-state index in [4.69, 9.17) is 14.2 Å². The Morgan fingerprint density at radius 3 is 2.04 bits per heavy atom. The molecule has 0 saturated carbocycles. The molecule has 7 nitrogen and oxygen atoms in total. The molecule has 0 radical (unpaired) electrons. The molecule has 0 aromatic heterocycles. The zero-order valence-corrected chi connectivity index (χ0v) is 16.6. The molecular formula is C18H27NO6S. The van der Waals surface area contributed by atoms with Gasteiger partial charge in [-0.15, -0.1) is 0 Å². The smallest absolute Gasteiger partial charge is 0.222 e. The maximum absolute atomic E-state index is 12.5. The molecule has 1 heterocycles. The maximum Gasteiger partial charge on any atom is 0.222 e. The van der Waals surface area contributed by atoms with Gasteiger partial charge in [-0.1, -0.05) is 0 Å². The molecule has 0 atom stereocenters. The summed E-state index contributed by atoms with van der Waals surface area (Å²) < 4.78 is 39.3. The van der Waals surface area contributed by atoms with Gasteiger partial charge in [0.15, 0.2) is 0 Å². The van der Waals surface area contributed by atoms with E-state index in [0.717, 1.165) is 5.56 Å². The van der Waals surface area contributed by atoms with Gasteiger partial charge in [0.25, 0.3) is 0 Å². The summed E-state index contributed by atoms with van der Waals surface area (Å²) in [6.45, 7) is 0.959. The van der Waals surface area contributed by atoms with Crippen LogP contribution in [-0.4, -0.2) is 65.1 Å². The molecule has 26 heavy (non-hydrogen) atoms. The largest absolute Gasteiger partial charge is 0.496 e. The highest BCUT2D eigenvalue weighted by Gasteiger charge is 2.28. The summed E-state index contributed by atoms with van der Waals surface area (Å²) >= 11 is 0. The highest BCUT2D eigenvalue weighted by Crippen LogP contribution is 2.35. The van der Waals surface area contributed by atoms with E-state index in [0.29, 0.717) is 56.0 Å². The number of amides is 1. The van der Waals surface area contributed by atoms with E-state index >= 15 is 0 Å². The summed E-state index contributed by atoms with van der Waals surface area (Å²) in [5.74, 6) is 1.86. The van der Waals surface area contributed by atoms with Crippen LogP contribution in [0.3, 0.4) is 0 Å². The van der Waals surface area contributed by atoms with Gasteiger partial charge >= 0.3 is 0 Å². The summed E-state index contributed by atoms with van der Waals surface area (Å²) in [6.07, 6.45) is 3.04. The van der Waals surface area contributed by atoms with Crippen molar-refractivity contribution in [3.8, 4) is 17.2 Å². The SMILES string of the molecule is COc1cc(OC)c(CCC(=O)N2CCC(S(C)(=O)=O)CC2)c(OC)c1. The molecule has 0 spiro atoms. The first-order valence-electron chi connectivity index (χ1n) is 8.55. The molecule has 1 aliphatic heterocycles. The number of hydrogen-bond acceptors (Lipinski definition) is 6. The fourth-order valence-electron chi connectivity index (χ4n) is 3.25. The van der Waals surface area contributed by atoms with Crippen molar-refractivity contribution < 1.29 is 27.4 Å². The van der Waals surface area contributed by atoms with Crippen LogP contribution in [-0.2, 0) is 21.1 Å². The van der Waals surface area contributed by atoms with E-state index < -0.39 is 9.84 Å². The minimum absolute atomic E-state index is 0.0110. The third-order valence-electron chi connectivity index (χ3n) is 4.81. The van der Waals surface area contributed by atoms with Crippen LogP contribution in [0.4, 0.5) is 0 Å². The third kappa shape index (κ3) is 4.81. The molecule has 1 aromatic carbocycles. The summed E-state index contributed by atoms with van der Waals surface area (Å²) in [7, 11) is 1.66. The number of hydrogen-bond donors (Lipinski definition) is 0. The normalized spacial score (nSPS) is 15.6. The van der Waals surface area contributed by atoms with Gasteiger partial charge in [0, 0.05) is 43.5 Å². The Balaban J connectivity index is 2.02. The van der Waals surface area contributed by atoms with Crippen LogP contribution in [0.1, 0.15) is 24.8 Å². The molecule has 1 fully saturated rings. The number of ether oxygens (including phenoxy) is 3. The lowest BCUT2D eigenvalue weighted by Gasteiger charge is -2.31. The zero-order chi connectivity index (χ0) is 19.3. The van der Waals surface area contributed by atoms with Crippen molar-refractivity contribution in [2.24, 2.45) is 0 Å². The molecule has 1 aliphatic rings. The number of methoxy groups -OCH3 is 3. The lowest BCUT2D eigenvalue weighted by Crippen LogP contribution is -2.42. The molecule has 0 aliphatic carbocycles. The fourth-order valence-corrected chi connectivity index (χ4v) is 4.31. The third-order valence-corrected chi connectivity index (χ3v) is 6.49. The molecule has 1 saturated heterocycles. The minimum Gasteiger partial charge on any atom is -0.496 e. The van der Waals surface area contributed by atoms with Gasteiger partial charge in [-0.3, -0.25) is 4.79 Å². The Morgan fingerprint density at radius 2 is 1.62 bits per heavy atom. The summed E-state index contributed by atoms with van der Waals surface area (Å²) in [5.41, 5.74) is 0.815. The number of carbonyl (C=O) groups excluding carboxylic acids is 1. The van der Waals surface area contributed by atoms with Crippen molar-refractivity contribution in [2.45, 2.75) is 30.9 Å². The second kappa shape index (κ2) is 8.62. The average Bonchev–Trinajstić information content (AvgIpc) is 2.64. The first kappa shape index (κ1) is 20.4. The lowest BCUT2D eigenvalue weighted by molar-refractivity contribution is -0.132. The van der Waals surface area contributed by atoms with Crippen molar-refractivity contribution in [2.75, 3.05) is 40.7 Å². The first-order chi connectivity index (χ1) is 12.3. The van der Waals surface area contributed by atoms with E-state index in [-0.39, 0.29) is 11.2 Å². The van der Waals surface area contributed by atoms with Crippen LogP contribution in [0.5, 0.6) is 17.2 Å². The molecule has 0 bridgehead atoms. The van der Waals surface area contributed by atoms with Crippen molar-refractivity contribution in [1.82, 2.24) is 4.90 Å². The molecule has 2 rings (SSSR count). The van der Waals surface area contributed by atoms with Gasteiger partial charge in [-0.05, 0) is 19.3 Å². The molecule has 1 amide bonds. The Labute approximate surface area is 155 Å². The van der Waals surface area contributed by atoms with Crippen LogP contribution in [0, 0.1) is 0 Å². The van der Waals surface area contributed by atoms with Crippen molar-refractivity contribution in [3.05, 3.63) is 17.7 Å². The molecule has 146 valence electrons. The topological polar surface area (TPSA) is 82.1 Å². The Morgan fingerprint density at radius 1 is 1.08 bits per heavy atom. The Hall–Kier alpha value is -1.96. The molecular weight excluding hydrogens is 358 g/mol. The van der Waals surface area contributed by atoms with E-state index in [9.17, 15) is 13.2 Å². The lowest BCUT2D eigenvalue weighted by atomic mass is 10.0. The predicted octanol–water partition coefficient (Wildman–Crippen LogP) is 1.68. The van der Waals surface area contributed by atoms with Crippen LogP contribution >= 0.6 is 0 Å². The van der Waals surface area contributed by atoms with E-state index in [2.05, 4.69) is 0 Å². The van der Waals surface area contributed by atoms with Gasteiger partial charge in [0.2, 0.25) is 5.91 Å². The molecule has 0 unspecified atom stereocenters. The first-order valence-corrected chi connectivity index (χ1v) is 10.5. The fraction of sp³-hybridized carbons (Fsp3) is 0.611. The summed E-state index contributed by atoms with van der Waals surface area (Å²) in [6, 6.07) is 3.53. The van der Waals surface area contributed by atoms with Gasteiger partial charge in [-0.25, -0.2) is 8.42 Å². The number of likely N-dealkylation sites (tertiary alicyclic amines) is 1. The average molecular weight is 385 g/mol. The second-order valence-electron chi connectivity index (χ2n) is 6.42. The standard InChI is InChI=1S/C18H27NO6S/c1-23-13-11-16(24-2)15(17(12-13)25-3)5-6-18(20)19-9-7-14(8-10-19)26(4,21)22/h11-12,14H,5-10H2,1-4H3. The zero-order valence-electron chi connectivity index (χ0n) is 15.8. The number of carbonyl (C=O) groups is 1. The van der Waals surface area contributed by atoms with Crippen molar-refractivity contribution in [3.63, 3.8) is 0 Å². The number of rotatable bonds is 7. The highest BCUT2D eigenvalue weighted by atomic mass is 32.2. The predicted molar refractivity (Wildman–Crippen MR) is 98.9 cm³/mol. The molecule has 8 heteroatoms. The second-order valence-corrected chi connectivity index (χ2v) is 8.75. The number of piperidine rings is 1.